The summed E-state index contributed by atoms with van der Waals surface area (Å²) in [5, 5.41) is 0. The maximum atomic E-state index is 12.2. The summed E-state index contributed by atoms with van der Waals surface area (Å²) in [6.07, 6.45) is 14.4. The van der Waals surface area contributed by atoms with Gasteiger partial charge in [0.1, 0.15) is 5.69 Å². The van der Waals surface area contributed by atoms with Gasteiger partial charge in [-0.25, -0.2) is 0 Å². The van der Waals surface area contributed by atoms with E-state index in [9.17, 15) is 4.79 Å². The quantitative estimate of drug-likeness (QED) is 0.201. The van der Waals surface area contributed by atoms with Crippen LogP contribution in [0, 0.1) is 5.92 Å². The second-order valence-corrected chi connectivity index (χ2v) is 8.60. The van der Waals surface area contributed by atoms with Crippen LogP contribution in [0.2, 0.25) is 0 Å². The van der Waals surface area contributed by atoms with Crippen LogP contribution < -0.4 is 9.47 Å². The standard InChI is InChI=1S/C27H40N2O3/c1-4-6-7-8-9-10-11-12-16-19-31-24-21-28-27(32-25(30)20-22(3)5-2)29-26(24)23-17-14-13-15-18-23/h13-15,17-18,21-22H,4-12,16,19-20H2,1-3H3. The van der Waals surface area contributed by atoms with Crippen LogP contribution >= 0.6 is 0 Å². The van der Waals surface area contributed by atoms with Gasteiger partial charge in [-0.2, -0.15) is 9.97 Å². The Balaban J connectivity index is 1.89. The minimum atomic E-state index is -0.304. The van der Waals surface area contributed by atoms with E-state index in [2.05, 4.69) is 23.8 Å². The molecular weight excluding hydrogens is 400 g/mol. The minimum absolute atomic E-state index is 0.0765. The van der Waals surface area contributed by atoms with Gasteiger partial charge in [0.05, 0.1) is 12.8 Å². The molecule has 2 rings (SSSR count). The van der Waals surface area contributed by atoms with Gasteiger partial charge >= 0.3 is 12.0 Å². The number of esters is 1. The Labute approximate surface area is 194 Å². The molecule has 176 valence electrons. The lowest BCUT2D eigenvalue weighted by Crippen LogP contribution is -2.14. The highest BCUT2D eigenvalue weighted by Crippen LogP contribution is 2.29. The Morgan fingerprint density at radius 3 is 2.25 bits per heavy atom. The first kappa shape index (κ1) is 25.8. The molecule has 0 spiro atoms. The molecule has 0 aliphatic heterocycles. The summed E-state index contributed by atoms with van der Waals surface area (Å²) in [6.45, 7) is 6.97. The molecule has 0 N–H and O–H groups in total. The lowest BCUT2D eigenvalue weighted by Gasteiger charge is -2.12. The fourth-order valence-corrected chi connectivity index (χ4v) is 3.48. The van der Waals surface area contributed by atoms with E-state index in [1.165, 1.54) is 51.4 Å². The highest BCUT2D eigenvalue weighted by Gasteiger charge is 2.15. The lowest BCUT2D eigenvalue weighted by molar-refractivity contribution is -0.135. The summed E-state index contributed by atoms with van der Waals surface area (Å²) in [7, 11) is 0. The second kappa shape index (κ2) is 15.4. The van der Waals surface area contributed by atoms with Crippen molar-refractivity contribution in [1.82, 2.24) is 9.97 Å². The third-order valence-electron chi connectivity index (χ3n) is 5.70. The summed E-state index contributed by atoms with van der Waals surface area (Å²) in [6, 6.07) is 9.89. The zero-order valence-electron chi connectivity index (χ0n) is 20.1. The van der Waals surface area contributed by atoms with Gasteiger partial charge in [0.2, 0.25) is 0 Å². The molecule has 5 nitrogen and oxygen atoms in total. The zero-order chi connectivity index (χ0) is 23.0. The predicted molar refractivity (Wildman–Crippen MR) is 130 cm³/mol. The van der Waals surface area contributed by atoms with Crippen molar-refractivity contribution in [3.63, 3.8) is 0 Å². The molecule has 0 saturated carbocycles. The van der Waals surface area contributed by atoms with E-state index >= 15 is 0 Å². The smallest absolute Gasteiger partial charge is 0.325 e. The summed E-state index contributed by atoms with van der Waals surface area (Å²) in [4.78, 5) is 20.9. The molecule has 0 fully saturated rings. The number of hydrogen-bond acceptors (Lipinski definition) is 5. The number of carbonyl (C=O) groups is 1. The largest absolute Gasteiger partial charge is 0.490 e. The van der Waals surface area contributed by atoms with Gasteiger partial charge in [0.15, 0.2) is 5.75 Å². The zero-order valence-corrected chi connectivity index (χ0v) is 20.1. The first-order chi connectivity index (χ1) is 15.6. The third kappa shape index (κ3) is 9.80. The van der Waals surface area contributed by atoms with Crippen molar-refractivity contribution in [1.29, 1.82) is 0 Å². The summed E-state index contributed by atoms with van der Waals surface area (Å²) < 4.78 is 11.4. The van der Waals surface area contributed by atoms with Gasteiger partial charge in [-0.15, -0.1) is 0 Å². The van der Waals surface area contributed by atoms with Crippen molar-refractivity contribution in [3.05, 3.63) is 36.5 Å². The van der Waals surface area contributed by atoms with Crippen molar-refractivity contribution < 1.29 is 14.3 Å². The van der Waals surface area contributed by atoms with E-state index in [0.29, 0.717) is 24.5 Å². The average molecular weight is 441 g/mol. The van der Waals surface area contributed by atoms with Gasteiger partial charge in [-0.3, -0.25) is 4.79 Å². The molecule has 1 atom stereocenters. The Kier molecular flexibility index (Phi) is 12.4. The highest BCUT2D eigenvalue weighted by atomic mass is 16.5. The topological polar surface area (TPSA) is 61.3 Å². The van der Waals surface area contributed by atoms with Crippen molar-refractivity contribution in [2.75, 3.05) is 6.61 Å². The molecule has 1 aromatic heterocycles. The van der Waals surface area contributed by atoms with E-state index in [1.807, 2.05) is 37.3 Å². The van der Waals surface area contributed by atoms with E-state index < -0.39 is 0 Å². The number of carbonyl (C=O) groups excluding carboxylic acids is 1. The van der Waals surface area contributed by atoms with Gasteiger partial charge in [-0.05, 0) is 12.3 Å². The maximum absolute atomic E-state index is 12.2. The SMILES string of the molecule is CCCCCCCCCCCOc1cnc(OC(=O)CC(C)CC)nc1-c1ccccc1. The number of unbranched alkanes of at least 4 members (excludes halogenated alkanes) is 8. The molecule has 5 heteroatoms. The van der Waals surface area contributed by atoms with E-state index in [4.69, 9.17) is 9.47 Å². The number of aromatic nitrogens is 2. The van der Waals surface area contributed by atoms with Crippen molar-refractivity contribution >= 4 is 5.97 Å². The third-order valence-corrected chi connectivity index (χ3v) is 5.70. The summed E-state index contributed by atoms with van der Waals surface area (Å²) in [5.74, 6) is 0.592. The predicted octanol–water partition coefficient (Wildman–Crippen LogP) is 7.39. The molecule has 1 heterocycles. The fraction of sp³-hybridized carbons (Fsp3) is 0.593. The fourth-order valence-electron chi connectivity index (χ4n) is 3.48. The molecule has 32 heavy (non-hydrogen) atoms. The Bertz CT molecular complexity index is 780. The summed E-state index contributed by atoms with van der Waals surface area (Å²) >= 11 is 0. The van der Waals surface area contributed by atoms with Gasteiger partial charge in [0, 0.05) is 12.0 Å². The van der Waals surface area contributed by atoms with Gasteiger partial charge < -0.3 is 9.47 Å². The van der Waals surface area contributed by atoms with E-state index in [-0.39, 0.29) is 17.9 Å². The Morgan fingerprint density at radius 1 is 0.938 bits per heavy atom. The van der Waals surface area contributed by atoms with Crippen molar-refractivity contribution in [3.8, 4) is 23.0 Å². The monoisotopic (exact) mass is 440 g/mol. The van der Waals surface area contributed by atoms with Crippen LogP contribution in [0.5, 0.6) is 11.8 Å². The van der Waals surface area contributed by atoms with Crippen LogP contribution in [-0.4, -0.2) is 22.5 Å². The molecule has 1 unspecified atom stereocenters. The maximum Gasteiger partial charge on any atom is 0.325 e. The van der Waals surface area contributed by atoms with Gasteiger partial charge in [-0.1, -0.05) is 109 Å². The number of hydrogen-bond donors (Lipinski definition) is 0. The Hall–Kier alpha value is -2.43. The second-order valence-electron chi connectivity index (χ2n) is 8.60. The van der Waals surface area contributed by atoms with E-state index in [0.717, 1.165) is 18.4 Å². The minimum Gasteiger partial charge on any atom is -0.490 e. The molecule has 0 aliphatic rings. The van der Waals surface area contributed by atoms with Crippen LogP contribution in [0.15, 0.2) is 36.5 Å². The number of nitrogens with zero attached hydrogens (tertiary/aromatic N) is 2. The van der Waals surface area contributed by atoms with Crippen LogP contribution in [0.4, 0.5) is 0 Å². The number of rotatable bonds is 16. The normalized spacial score (nSPS) is 11.8. The molecule has 0 aliphatic carbocycles. The van der Waals surface area contributed by atoms with Crippen LogP contribution in [0.25, 0.3) is 11.3 Å². The van der Waals surface area contributed by atoms with Crippen LogP contribution in [-0.2, 0) is 4.79 Å². The molecule has 1 aromatic carbocycles. The van der Waals surface area contributed by atoms with Crippen LogP contribution in [0.3, 0.4) is 0 Å². The highest BCUT2D eigenvalue weighted by molar-refractivity contribution is 5.72. The number of ether oxygens (including phenoxy) is 2. The van der Waals surface area contributed by atoms with E-state index in [1.54, 1.807) is 6.20 Å². The average Bonchev–Trinajstić information content (AvgIpc) is 2.81. The van der Waals surface area contributed by atoms with Crippen molar-refractivity contribution in [2.45, 2.75) is 91.4 Å². The molecule has 0 bridgehead atoms. The number of benzene rings is 1. The summed E-state index contributed by atoms with van der Waals surface area (Å²) in [5.41, 5.74) is 1.57. The molecule has 0 saturated heterocycles. The van der Waals surface area contributed by atoms with Crippen molar-refractivity contribution in [2.24, 2.45) is 5.92 Å². The van der Waals surface area contributed by atoms with Gasteiger partial charge in [0.25, 0.3) is 0 Å². The molecule has 0 radical (unpaired) electrons. The van der Waals surface area contributed by atoms with Crippen LogP contribution in [0.1, 0.15) is 91.4 Å². The first-order valence-electron chi connectivity index (χ1n) is 12.4. The molecule has 0 amide bonds. The lowest BCUT2D eigenvalue weighted by atomic mass is 10.1. The molecule has 2 aromatic rings. The first-order valence-corrected chi connectivity index (χ1v) is 12.4. The Morgan fingerprint density at radius 2 is 1.59 bits per heavy atom. The molecular formula is C27H40N2O3.